The van der Waals surface area contributed by atoms with Gasteiger partial charge in [0.05, 0.1) is 5.02 Å². The number of hydrogen-bond acceptors (Lipinski definition) is 3. The number of amides is 1. The van der Waals surface area contributed by atoms with Crippen molar-refractivity contribution in [3.63, 3.8) is 0 Å². The van der Waals surface area contributed by atoms with E-state index in [4.69, 9.17) is 11.6 Å². The number of halogens is 1. The maximum absolute atomic E-state index is 12.5. The molecule has 1 amide bonds. The van der Waals surface area contributed by atoms with Crippen LogP contribution in [0.5, 0.6) is 0 Å². The van der Waals surface area contributed by atoms with E-state index in [0.29, 0.717) is 15.8 Å². The lowest BCUT2D eigenvalue weighted by atomic mass is 9.79. The summed E-state index contributed by atoms with van der Waals surface area (Å²) in [6, 6.07) is 7.91. The Hall–Kier alpha value is -1.10. The van der Waals surface area contributed by atoms with Crippen LogP contribution in [0.25, 0.3) is 10.1 Å². The van der Waals surface area contributed by atoms with Crippen LogP contribution in [0.4, 0.5) is 0 Å². The average molecular weight is 335 g/mol. The van der Waals surface area contributed by atoms with E-state index < -0.39 is 0 Å². The summed E-state index contributed by atoms with van der Waals surface area (Å²) in [5.41, 5.74) is 0. The van der Waals surface area contributed by atoms with Gasteiger partial charge in [-0.25, -0.2) is 0 Å². The SMILES string of the molecule is O=C(NCC1CN2CCC1CC2)c1sc2ccccc2c1Cl. The highest BCUT2D eigenvalue weighted by Gasteiger charge is 2.34. The van der Waals surface area contributed by atoms with E-state index in [0.717, 1.165) is 29.1 Å². The highest BCUT2D eigenvalue weighted by molar-refractivity contribution is 7.21. The normalized spacial score (nSPS) is 27.2. The summed E-state index contributed by atoms with van der Waals surface area (Å²) in [5.74, 6) is 1.35. The Labute approximate surface area is 139 Å². The van der Waals surface area contributed by atoms with Crippen molar-refractivity contribution in [1.82, 2.24) is 10.2 Å². The van der Waals surface area contributed by atoms with Gasteiger partial charge in [-0.1, -0.05) is 29.8 Å². The Morgan fingerprint density at radius 1 is 1.32 bits per heavy atom. The van der Waals surface area contributed by atoms with Crippen molar-refractivity contribution < 1.29 is 4.79 Å². The van der Waals surface area contributed by atoms with Gasteiger partial charge < -0.3 is 10.2 Å². The van der Waals surface area contributed by atoms with E-state index in [1.807, 2.05) is 24.3 Å². The van der Waals surface area contributed by atoms with Crippen LogP contribution in [0.2, 0.25) is 5.02 Å². The van der Waals surface area contributed by atoms with Gasteiger partial charge in [0.15, 0.2) is 0 Å². The Morgan fingerprint density at radius 2 is 2.09 bits per heavy atom. The van der Waals surface area contributed by atoms with Crippen LogP contribution in [-0.2, 0) is 0 Å². The monoisotopic (exact) mass is 334 g/mol. The number of carbonyl (C=O) groups is 1. The quantitative estimate of drug-likeness (QED) is 0.929. The molecule has 116 valence electrons. The van der Waals surface area contributed by atoms with Crippen LogP contribution in [0.15, 0.2) is 24.3 Å². The zero-order valence-corrected chi connectivity index (χ0v) is 13.9. The molecule has 5 heteroatoms. The van der Waals surface area contributed by atoms with E-state index in [2.05, 4.69) is 10.2 Å². The number of hydrogen-bond donors (Lipinski definition) is 1. The topological polar surface area (TPSA) is 32.3 Å². The molecule has 1 unspecified atom stereocenters. The minimum atomic E-state index is -0.0253. The molecule has 4 heterocycles. The molecule has 3 nitrogen and oxygen atoms in total. The molecule has 1 atom stereocenters. The summed E-state index contributed by atoms with van der Waals surface area (Å²) in [7, 11) is 0. The van der Waals surface area contributed by atoms with Crippen LogP contribution in [-0.4, -0.2) is 37.0 Å². The number of piperidine rings is 3. The molecule has 3 aliphatic heterocycles. The summed E-state index contributed by atoms with van der Waals surface area (Å²) in [4.78, 5) is 15.6. The van der Waals surface area contributed by atoms with Crippen molar-refractivity contribution in [3.8, 4) is 0 Å². The molecule has 5 rings (SSSR count). The van der Waals surface area contributed by atoms with Crippen LogP contribution >= 0.6 is 22.9 Å². The number of rotatable bonds is 3. The minimum absolute atomic E-state index is 0.0253. The Balaban J connectivity index is 1.46. The molecular formula is C17H19ClN2OS. The molecule has 3 fully saturated rings. The first-order valence-corrected chi connectivity index (χ1v) is 9.09. The standard InChI is InChI=1S/C17H19ClN2OS/c18-15-13-3-1-2-4-14(13)22-16(15)17(21)19-9-12-10-20-7-5-11(12)6-8-20/h1-4,11-12H,5-10H2,(H,19,21). The zero-order chi connectivity index (χ0) is 15.1. The molecule has 3 aliphatic rings. The molecule has 1 N–H and O–H groups in total. The third-order valence-electron chi connectivity index (χ3n) is 5.06. The van der Waals surface area contributed by atoms with Gasteiger partial charge in [0.2, 0.25) is 0 Å². The smallest absolute Gasteiger partial charge is 0.262 e. The van der Waals surface area contributed by atoms with Gasteiger partial charge in [0, 0.05) is 23.2 Å². The van der Waals surface area contributed by atoms with E-state index in [1.165, 1.54) is 37.3 Å². The maximum Gasteiger partial charge on any atom is 0.262 e. The van der Waals surface area contributed by atoms with Crippen molar-refractivity contribution in [3.05, 3.63) is 34.2 Å². The third-order valence-corrected chi connectivity index (χ3v) is 6.73. The van der Waals surface area contributed by atoms with Crippen LogP contribution in [0, 0.1) is 11.8 Å². The number of carbonyl (C=O) groups excluding carboxylic acids is 1. The second kappa shape index (κ2) is 5.84. The number of thiophene rings is 1. The van der Waals surface area contributed by atoms with Gasteiger partial charge in [-0.05, 0) is 43.8 Å². The fraction of sp³-hybridized carbons (Fsp3) is 0.471. The highest BCUT2D eigenvalue weighted by atomic mass is 35.5. The number of nitrogens with one attached hydrogen (secondary N) is 1. The van der Waals surface area contributed by atoms with Gasteiger partial charge in [-0.15, -0.1) is 11.3 Å². The molecule has 1 aromatic carbocycles. The van der Waals surface area contributed by atoms with Crippen molar-refractivity contribution in [2.24, 2.45) is 11.8 Å². The first-order valence-electron chi connectivity index (χ1n) is 7.90. The fourth-order valence-electron chi connectivity index (χ4n) is 3.78. The first-order chi connectivity index (χ1) is 10.7. The van der Waals surface area contributed by atoms with E-state index >= 15 is 0 Å². The van der Waals surface area contributed by atoms with Crippen molar-refractivity contribution >= 4 is 38.9 Å². The summed E-state index contributed by atoms with van der Waals surface area (Å²) < 4.78 is 1.07. The molecule has 1 aromatic heterocycles. The van der Waals surface area contributed by atoms with Crippen LogP contribution in [0.3, 0.4) is 0 Å². The predicted octanol–water partition coefficient (Wildman–Crippen LogP) is 3.63. The van der Waals surface area contributed by atoms with Gasteiger partial charge in [-0.2, -0.15) is 0 Å². The maximum atomic E-state index is 12.5. The van der Waals surface area contributed by atoms with E-state index in [9.17, 15) is 4.79 Å². The summed E-state index contributed by atoms with van der Waals surface area (Å²) in [5, 5.41) is 4.68. The molecule has 0 spiro atoms. The Kier molecular flexibility index (Phi) is 3.84. The average Bonchev–Trinajstić information content (AvgIpc) is 2.91. The number of fused-ring (bicyclic) bond motifs is 4. The highest BCUT2D eigenvalue weighted by Crippen LogP contribution is 2.35. The largest absolute Gasteiger partial charge is 0.351 e. The summed E-state index contributed by atoms with van der Waals surface area (Å²) >= 11 is 7.86. The predicted molar refractivity (Wildman–Crippen MR) is 91.8 cm³/mol. The van der Waals surface area contributed by atoms with Crippen molar-refractivity contribution in [1.29, 1.82) is 0 Å². The van der Waals surface area contributed by atoms with E-state index in [1.54, 1.807) is 0 Å². The molecular weight excluding hydrogens is 316 g/mol. The Morgan fingerprint density at radius 3 is 2.77 bits per heavy atom. The number of benzene rings is 1. The lowest BCUT2D eigenvalue weighted by Gasteiger charge is -2.44. The molecule has 2 aromatic rings. The first kappa shape index (κ1) is 14.5. The number of nitrogens with zero attached hydrogens (tertiary/aromatic N) is 1. The molecule has 0 saturated carbocycles. The van der Waals surface area contributed by atoms with E-state index in [-0.39, 0.29) is 5.91 Å². The van der Waals surface area contributed by atoms with Crippen LogP contribution in [0.1, 0.15) is 22.5 Å². The lowest BCUT2D eigenvalue weighted by Crippen LogP contribution is -2.50. The van der Waals surface area contributed by atoms with Gasteiger partial charge in [-0.3, -0.25) is 4.79 Å². The molecule has 0 aliphatic carbocycles. The van der Waals surface area contributed by atoms with Crippen molar-refractivity contribution in [2.75, 3.05) is 26.2 Å². The second-order valence-electron chi connectivity index (χ2n) is 6.35. The van der Waals surface area contributed by atoms with Gasteiger partial charge in [0.25, 0.3) is 5.91 Å². The Bertz CT molecular complexity index is 706. The molecule has 0 radical (unpaired) electrons. The lowest BCUT2D eigenvalue weighted by molar-refractivity contribution is 0.0497. The molecule has 22 heavy (non-hydrogen) atoms. The fourth-order valence-corrected chi connectivity index (χ4v) is 5.22. The second-order valence-corrected chi connectivity index (χ2v) is 7.78. The minimum Gasteiger partial charge on any atom is -0.351 e. The van der Waals surface area contributed by atoms with Gasteiger partial charge in [0.1, 0.15) is 4.88 Å². The molecule has 3 saturated heterocycles. The third kappa shape index (κ3) is 2.53. The zero-order valence-electron chi connectivity index (χ0n) is 12.3. The summed E-state index contributed by atoms with van der Waals surface area (Å²) in [6.07, 6.45) is 2.56. The van der Waals surface area contributed by atoms with Crippen LogP contribution < -0.4 is 5.32 Å². The van der Waals surface area contributed by atoms with Gasteiger partial charge >= 0.3 is 0 Å². The molecule has 2 bridgehead atoms. The van der Waals surface area contributed by atoms with Crippen molar-refractivity contribution in [2.45, 2.75) is 12.8 Å². The summed E-state index contributed by atoms with van der Waals surface area (Å²) in [6.45, 7) is 4.37.